The highest BCUT2D eigenvalue weighted by atomic mass is 35.5. The van der Waals surface area contributed by atoms with E-state index in [1.54, 1.807) is 37.6 Å². The molecule has 0 saturated heterocycles. The Balaban J connectivity index is 2.32. The minimum Gasteiger partial charge on any atom is -0.327 e. The molecule has 1 heterocycles. The van der Waals surface area contributed by atoms with E-state index in [1.165, 1.54) is 4.90 Å². The van der Waals surface area contributed by atoms with Gasteiger partial charge in [0, 0.05) is 17.2 Å². The normalized spacial score (nSPS) is 16.6. The maximum absolute atomic E-state index is 12.8. The van der Waals surface area contributed by atoms with Crippen molar-refractivity contribution >= 4 is 34.9 Å². The van der Waals surface area contributed by atoms with Crippen molar-refractivity contribution in [3.05, 3.63) is 36.0 Å². The molecule has 114 valence electrons. The third kappa shape index (κ3) is 3.69. The molecule has 2 rings (SSSR count). The summed E-state index contributed by atoms with van der Waals surface area (Å²) in [6, 6.07) is 6.54. The highest BCUT2D eigenvalue weighted by Gasteiger charge is 2.38. The molecule has 3 nitrogen and oxygen atoms in total. The van der Waals surface area contributed by atoms with Crippen LogP contribution in [0.2, 0.25) is 0 Å². The van der Waals surface area contributed by atoms with Crippen LogP contribution in [0.3, 0.4) is 0 Å². The van der Waals surface area contributed by atoms with Crippen LogP contribution in [0.5, 0.6) is 0 Å². The van der Waals surface area contributed by atoms with E-state index in [4.69, 9.17) is 11.6 Å². The molecule has 0 bridgehead atoms. The number of anilines is 1. The Bertz CT molecular complexity index is 646. The molecule has 0 saturated carbocycles. The zero-order valence-electron chi connectivity index (χ0n) is 11.4. The van der Waals surface area contributed by atoms with Gasteiger partial charge >= 0.3 is 6.18 Å². The van der Waals surface area contributed by atoms with Crippen molar-refractivity contribution in [1.82, 2.24) is 0 Å². The first-order valence-corrected chi connectivity index (χ1v) is 8.98. The van der Waals surface area contributed by atoms with E-state index in [0.29, 0.717) is 11.0 Å². The lowest BCUT2D eigenvalue weighted by molar-refractivity contribution is -0.0861. The van der Waals surface area contributed by atoms with E-state index in [9.17, 15) is 17.7 Å². The number of nitrogens with zero attached hydrogens (tertiary/aromatic N) is 2. The van der Waals surface area contributed by atoms with E-state index in [1.807, 2.05) is 0 Å². The van der Waals surface area contributed by atoms with Gasteiger partial charge in [0.1, 0.15) is 24.6 Å². The fraction of sp³-hybridized carbons (Fsp3) is 0.308. The molecule has 0 radical (unpaired) electrons. The highest BCUT2D eigenvalue weighted by Crippen LogP contribution is 2.36. The second-order valence-electron chi connectivity index (χ2n) is 4.97. The van der Waals surface area contributed by atoms with Crippen LogP contribution in [0.1, 0.15) is 0 Å². The number of aliphatic imine (C=N–C) groups is 1. The van der Waals surface area contributed by atoms with Crippen molar-refractivity contribution in [3.63, 3.8) is 0 Å². The molecular formula is C13H13ClF3N2OP. The number of halogens is 4. The van der Waals surface area contributed by atoms with Crippen molar-refractivity contribution in [1.29, 1.82) is 0 Å². The Morgan fingerprint density at radius 2 is 1.81 bits per heavy atom. The molecule has 1 aromatic rings. The Morgan fingerprint density at radius 3 is 2.29 bits per heavy atom. The number of allylic oxidation sites excluding steroid dienone is 1. The molecule has 0 amide bonds. The lowest BCUT2D eigenvalue weighted by Crippen LogP contribution is -2.29. The second-order valence-corrected chi connectivity index (χ2v) is 8.54. The summed E-state index contributed by atoms with van der Waals surface area (Å²) in [5, 5.41) is 0.131. The number of hydrogen-bond acceptors (Lipinski definition) is 3. The largest absolute Gasteiger partial charge is 0.420 e. The molecule has 1 aliphatic heterocycles. The summed E-state index contributed by atoms with van der Waals surface area (Å²) in [4.78, 5) is 5.01. The summed E-state index contributed by atoms with van der Waals surface area (Å²) in [5.41, 5.74) is -0.446. The second kappa shape index (κ2) is 5.50. The Kier molecular flexibility index (Phi) is 4.22. The summed E-state index contributed by atoms with van der Waals surface area (Å²) in [5.74, 6) is 0. The molecule has 1 aliphatic rings. The van der Waals surface area contributed by atoms with Crippen LogP contribution in [0.4, 0.5) is 18.9 Å². The minimum atomic E-state index is -4.55. The number of rotatable bonds is 2. The summed E-state index contributed by atoms with van der Waals surface area (Å²) < 4.78 is 50.3. The van der Waals surface area contributed by atoms with Gasteiger partial charge in [0.15, 0.2) is 0 Å². The van der Waals surface area contributed by atoms with Gasteiger partial charge in [0.25, 0.3) is 0 Å². The molecule has 0 fully saturated rings. The van der Waals surface area contributed by atoms with Crippen molar-refractivity contribution in [2.45, 2.75) is 6.18 Å². The topological polar surface area (TPSA) is 32.7 Å². The van der Waals surface area contributed by atoms with Crippen LogP contribution in [-0.2, 0) is 4.57 Å². The average molecular weight is 337 g/mol. The molecule has 0 N–H and O–H groups in total. The summed E-state index contributed by atoms with van der Waals surface area (Å²) in [7, 11) is -2.39. The van der Waals surface area contributed by atoms with Gasteiger partial charge in [-0.25, -0.2) is 0 Å². The predicted molar refractivity (Wildman–Crippen MR) is 80.3 cm³/mol. The lowest BCUT2D eigenvalue weighted by atomic mass is 10.2. The third-order valence-corrected chi connectivity index (χ3v) is 4.84. The fourth-order valence-corrected chi connectivity index (χ4v) is 2.90. The molecule has 1 aromatic carbocycles. The molecular weight excluding hydrogens is 324 g/mol. The van der Waals surface area contributed by atoms with Crippen molar-refractivity contribution in [3.8, 4) is 0 Å². The smallest absolute Gasteiger partial charge is 0.327 e. The number of hydrogen-bond donors (Lipinski definition) is 0. The highest BCUT2D eigenvalue weighted by molar-refractivity contribution is 7.70. The zero-order valence-corrected chi connectivity index (χ0v) is 13.0. The van der Waals surface area contributed by atoms with Crippen molar-refractivity contribution in [2.75, 3.05) is 24.9 Å². The molecule has 0 spiro atoms. The third-order valence-electron chi connectivity index (χ3n) is 2.98. The summed E-state index contributed by atoms with van der Waals surface area (Å²) in [6.07, 6.45) is -3.62. The van der Waals surface area contributed by atoms with Crippen LogP contribution in [0.15, 0.2) is 41.0 Å². The zero-order chi connectivity index (χ0) is 15.8. The molecule has 0 unspecified atom stereocenters. The van der Waals surface area contributed by atoms with E-state index in [-0.39, 0.29) is 6.67 Å². The van der Waals surface area contributed by atoms with Gasteiger partial charge in [-0.2, -0.15) is 13.2 Å². The molecule has 0 aliphatic carbocycles. The quantitative estimate of drug-likeness (QED) is 0.770. The SMILES string of the molecule is CP(C)(=O)c1ccc(N2C=C(C(F)(F)F)C(Cl)=NC2)cc1. The van der Waals surface area contributed by atoms with E-state index >= 15 is 0 Å². The average Bonchev–Trinajstić information content (AvgIpc) is 2.37. The Labute approximate surface area is 125 Å². The van der Waals surface area contributed by atoms with E-state index in [0.717, 1.165) is 6.20 Å². The number of benzene rings is 1. The maximum Gasteiger partial charge on any atom is 0.420 e. The van der Waals surface area contributed by atoms with Gasteiger partial charge in [0.05, 0.1) is 0 Å². The summed E-state index contributed by atoms with van der Waals surface area (Å²) >= 11 is 5.50. The van der Waals surface area contributed by atoms with Crippen molar-refractivity contribution < 1.29 is 17.7 Å². The fourth-order valence-electron chi connectivity index (χ4n) is 1.82. The maximum atomic E-state index is 12.8. The Morgan fingerprint density at radius 1 is 1.24 bits per heavy atom. The predicted octanol–water partition coefficient (Wildman–Crippen LogP) is 3.80. The molecule has 0 atom stereocenters. The van der Waals surface area contributed by atoms with Crippen LogP contribution >= 0.6 is 18.7 Å². The van der Waals surface area contributed by atoms with Gasteiger partial charge in [-0.1, -0.05) is 11.6 Å². The Hall–Kier alpha value is -1.26. The minimum absolute atomic E-state index is 0.00761. The lowest BCUT2D eigenvalue weighted by Gasteiger charge is -2.25. The first-order chi connectivity index (χ1) is 9.59. The first-order valence-electron chi connectivity index (χ1n) is 6.00. The van der Waals surface area contributed by atoms with Gasteiger partial charge in [-0.05, 0) is 37.6 Å². The van der Waals surface area contributed by atoms with E-state index in [2.05, 4.69) is 4.99 Å². The standard InChI is InChI=1S/C13H13ClF3N2OP/c1-21(2,20)10-5-3-9(4-6-10)19-7-11(13(15,16)17)12(14)18-8-19/h3-7H,8H2,1-2H3. The van der Waals surface area contributed by atoms with Gasteiger partial charge in [-0.3, -0.25) is 4.99 Å². The van der Waals surface area contributed by atoms with Crippen LogP contribution in [-0.4, -0.2) is 31.3 Å². The summed E-state index contributed by atoms with van der Waals surface area (Å²) in [6.45, 7) is 3.27. The molecule has 0 aromatic heterocycles. The van der Waals surface area contributed by atoms with Gasteiger partial charge < -0.3 is 9.46 Å². The van der Waals surface area contributed by atoms with Gasteiger partial charge in [0.2, 0.25) is 0 Å². The molecule has 21 heavy (non-hydrogen) atoms. The van der Waals surface area contributed by atoms with Crippen LogP contribution < -0.4 is 10.2 Å². The monoisotopic (exact) mass is 336 g/mol. The molecule has 8 heteroatoms. The van der Waals surface area contributed by atoms with Gasteiger partial charge in [-0.15, -0.1) is 0 Å². The van der Waals surface area contributed by atoms with Crippen LogP contribution in [0.25, 0.3) is 0 Å². The first kappa shape index (κ1) is 16.1. The van der Waals surface area contributed by atoms with E-state index < -0.39 is 24.1 Å². The van der Waals surface area contributed by atoms with Crippen molar-refractivity contribution in [2.24, 2.45) is 4.99 Å². The number of alkyl halides is 3. The van der Waals surface area contributed by atoms with Crippen LogP contribution in [0, 0.1) is 0 Å².